The summed E-state index contributed by atoms with van der Waals surface area (Å²) < 4.78 is 4.81. The van der Waals surface area contributed by atoms with Gasteiger partial charge in [0.1, 0.15) is 6.26 Å². The minimum Gasteiger partial charge on any atom is -0.472 e. The van der Waals surface area contributed by atoms with Crippen molar-refractivity contribution in [3.05, 3.63) is 59.0 Å². The molecule has 0 aliphatic carbocycles. The summed E-state index contributed by atoms with van der Waals surface area (Å²) in [5.41, 5.74) is 2.23. The van der Waals surface area contributed by atoms with E-state index in [1.165, 1.54) is 25.5 Å². The maximum atomic E-state index is 12.6. The highest BCUT2D eigenvalue weighted by atomic mass is 16.3. The number of nitriles is 1. The van der Waals surface area contributed by atoms with Crippen LogP contribution in [0, 0.1) is 31.1 Å². The average molecular weight is 338 g/mol. The van der Waals surface area contributed by atoms with Crippen molar-refractivity contribution in [3.63, 3.8) is 0 Å². The van der Waals surface area contributed by atoms with Crippen LogP contribution in [-0.4, -0.2) is 23.5 Å². The zero-order valence-corrected chi connectivity index (χ0v) is 14.2. The number of ketones is 2. The molecule has 0 bridgehead atoms. The molecule has 2 atom stereocenters. The number of aryl methyl sites for hydroxylation is 1. The smallest absolute Gasteiger partial charge is 0.255 e. The number of benzene rings is 1. The number of carbonyl (C=O) groups is 3. The number of nitrogens with one attached hydrogen (secondary N) is 1. The molecule has 0 saturated carbocycles. The Balaban J connectivity index is 2.17. The topological polar surface area (TPSA) is 100 Å². The second-order valence-electron chi connectivity index (χ2n) is 5.78. The zero-order valence-electron chi connectivity index (χ0n) is 14.2. The van der Waals surface area contributed by atoms with E-state index in [0.717, 1.165) is 11.1 Å². The lowest BCUT2D eigenvalue weighted by Crippen LogP contribution is -2.43. The number of hydrogen-bond donors (Lipinski definition) is 1. The fourth-order valence-corrected chi connectivity index (χ4v) is 2.42. The van der Waals surface area contributed by atoms with Gasteiger partial charge in [-0.2, -0.15) is 5.26 Å². The monoisotopic (exact) mass is 338 g/mol. The third kappa shape index (κ3) is 3.83. The van der Waals surface area contributed by atoms with Crippen molar-refractivity contribution >= 4 is 17.5 Å². The van der Waals surface area contributed by atoms with E-state index in [1.807, 2.05) is 13.0 Å². The maximum absolute atomic E-state index is 12.6. The molecule has 2 aromatic rings. The van der Waals surface area contributed by atoms with Crippen LogP contribution < -0.4 is 5.32 Å². The maximum Gasteiger partial charge on any atom is 0.255 e. The highest BCUT2D eigenvalue weighted by molar-refractivity contribution is 6.15. The number of rotatable bonds is 6. The van der Waals surface area contributed by atoms with E-state index < -0.39 is 29.4 Å². The zero-order chi connectivity index (χ0) is 18.6. The number of carbonyl (C=O) groups excluding carboxylic acids is 3. The van der Waals surface area contributed by atoms with Crippen molar-refractivity contribution < 1.29 is 18.8 Å². The summed E-state index contributed by atoms with van der Waals surface area (Å²) in [6, 6.07) is 7.39. The largest absolute Gasteiger partial charge is 0.472 e. The number of hydrogen-bond acceptors (Lipinski definition) is 5. The van der Waals surface area contributed by atoms with E-state index in [2.05, 4.69) is 5.32 Å². The fraction of sp³-hybridized carbons (Fsp3) is 0.263. The van der Waals surface area contributed by atoms with Crippen LogP contribution in [0.1, 0.15) is 38.8 Å². The first-order valence-electron chi connectivity index (χ1n) is 7.73. The molecule has 1 aromatic carbocycles. The predicted octanol–water partition coefficient (Wildman–Crippen LogP) is 2.61. The van der Waals surface area contributed by atoms with E-state index >= 15 is 0 Å². The Labute approximate surface area is 145 Å². The van der Waals surface area contributed by atoms with Crippen LogP contribution in [0.3, 0.4) is 0 Å². The summed E-state index contributed by atoms with van der Waals surface area (Å²) in [6.45, 7) is 5.07. The van der Waals surface area contributed by atoms with Gasteiger partial charge in [0, 0.05) is 5.56 Å². The summed E-state index contributed by atoms with van der Waals surface area (Å²) in [5, 5.41) is 11.8. The lowest BCUT2D eigenvalue weighted by Gasteiger charge is -2.16. The van der Waals surface area contributed by atoms with Crippen LogP contribution in [0.15, 0.2) is 41.2 Å². The van der Waals surface area contributed by atoms with Crippen LogP contribution in [0.4, 0.5) is 0 Å². The van der Waals surface area contributed by atoms with Crippen LogP contribution in [0.5, 0.6) is 0 Å². The predicted molar refractivity (Wildman–Crippen MR) is 90.0 cm³/mol. The SMILES string of the molecule is Cc1cccc(C(=O)C(C#N)C(=O)C(C)NC(=O)c2ccoc2)c1C. The number of amides is 1. The highest BCUT2D eigenvalue weighted by Crippen LogP contribution is 2.18. The molecule has 1 heterocycles. The highest BCUT2D eigenvalue weighted by Gasteiger charge is 2.32. The Kier molecular flexibility index (Phi) is 5.50. The van der Waals surface area contributed by atoms with Gasteiger partial charge in [-0.3, -0.25) is 14.4 Å². The molecular weight excluding hydrogens is 320 g/mol. The third-order valence-corrected chi connectivity index (χ3v) is 4.10. The van der Waals surface area contributed by atoms with Crippen molar-refractivity contribution in [1.29, 1.82) is 5.26 Å². The van der Waals surface area contributed by atoms with Gasteiger partial charge in [0.25, 0.3) is 5.91 Å². The molecule has 0 radical (unpaired) electrons. The van der Waals surface area contributed by atoms with Crippen LogP contribution in [-0.2, 0) is 4.79 Å². The second kappa shape index (κ2) is 7.58. The molecule has 6 heteroatoms. The quantitative estimate of drug-likeness (QED) is 0.644. The fourth-order valence-electron chi connectivity index (χ4n) is 2.42. The van der Waals surface area contributed by atoms with Gasteiger partial charge in [0.15, 0.2) is 17.5 Å². The third-order valence-electron chi connectivity index (χ3n) is 4.10. The molecule has 0 aliphatic heterocycles. The molecule has 128 valence electrons. The minimum absolute atomic E-state index is 0.258. The molecule has 2 unspecified atom stereocenters. The number of Topliss-reactive ketones (excluding diaryl/α,β-unsaturated/α-hetero) is 2. The Hall–Kier alpha value is -3.20. The van der Waals surface area contributed by atoms with Gasteiger partial charge >= 0.3 is 0 Å². The van der Waals surface area contributed by atoms with Gasteiger partial charge in [-0.1, -0.05) is 18.2 Å². The Morgan fingerprint density at radius 3 is 2.52 bits per heavy atom. The van der Waals surface area contributed by atoms with E-state index in [0.29, 0.717) is 5.56 Å². The van der Waals surface area contributed by atoms with E-state index in [-0.39, 0.29) is 5.56 Å². The van der Waals surface area contributed by atoms with Gasteiger partial charge in [-0.15, -0.1) is 0 Å². The molecule has 1 N–H and O–H groups in total. The van der Waals surface area contributed by atoms with E-state index in [9.17, 15) is 19.6 Å². The number of furan rings is 1. The lowest BCUT2D eigenvalue weighted by molar-refractivity contribution is -0.121. The molecule has 1 amide bonds. The molecule has 6 nitrogen and oxygen atoms in total. The first-order valence-corrected chi connectivity index (χ1v) is 7.73. The van der Waals surface area contributed by atoms with Crippen molar-refractivity contribution in [2.24, 2.45) is 5.92 Å². The van der Waals surface area contributed by atoms with E-state index in [1.54, 1.807) is 25.1 Å². The van der Waals surface area contributed by atoms with Gasteiger partial charge < -0.3 is 9.73 Å². The Bertz CT molecular complexity index is 847. The first kappa shape index (κ1) is 18.1. The molecule has 0 saturated heterocycles. The normalized spacial score (nSPS) is 12.7. The Morgan fingerprint density at radius 1 is 1.20 bits per heavy atom. The van der Waals surface area contributed by atoms with Crippen LogP contribution in [0.25, 0.3) is 0 Å². The van der Waals surface area contributed by atoms with Gasteiger partial charge in [-0.25, -0.2) is 0 Å². The summed E-state index contributed by atoms with van der Waals surface area (Å²) in [4.78, 5) is 37.1. The molecule has 0 fully saturated rings. The van der Waals surface area contributed by atoms with Crippen LogP contribution >= 0.6 is 0 Å². The van der Waals surface area contributed by atoms with Gasteiger partial charge in [0.05, 0.1) is 23.9 Å². The van der Waals surface area contributed by atoms with Crippen LogP contribution in [0.2, 0.25) is 0 Å². The first-order chi connectivity index (χ1) is 11.9. The molecular formula is C19H18N2O4. The number of nitrogens with zero attached hydrogens (tertiary/aromatic N) is 1. The molecule has 0 aliphatic rings. The summed E-state index contributed by atoms with van der Waals surface area (Å²) in [7, 11) is 0. The van der Waals surface area contributed by atoms with Crippen molar-refractivity contribution in [2.75, 3.05) is 0 Å². The lowest BCUT2D eigenvalue weighted by atomic mass is 9.88. The molecule has 25 heavy (non-hydrogen) atoms. The van der Waals surface area contributed by atoms with Crippen molar-refractivity contribution in [2.45, 2.75) is 26.8 Å². The second-order valence-corrected chi connectivity index (χ2v) is 5.78. The summed E-state index contributed by atoms with van der Waals surface area (Å²) in [5.74, 6) is -3.19. The summed E-state index contributed by atoms with van der Waals surface area (Å²) >= 11 is 0. The Morgan fingerprint density at radius 2 is 1.92 bits per heavy atom. The molecule has 2 rings (SSSR count). The average Bonchev–Trinajstić information content (AvgIpc) is 3.12. The standard InChI is InChI=1S/C19H18N2O4/c1-11-5-4-6-15(12(11)2)18(23)16(9-20)17(22)13(3)21-19(24)14-7-8-25-10-14/h4-8,10,13,16H,1-3H3,(H,21,24). The van der Waals surface area contributed by atoms with Crippen molar-refractivity contribution in [3.8, 4) is 6.07 Å². The molecule has 0 spiro atoms. The van der Waals surface area contributed by atoms with Crippen molar-refractivity contribution in [1.82, 2.24) is 5.32 Å². The minimum atomic E-state index is -1.47. The van der Waals surface area contributed by atoms with Gasteiger partial charge in [0.2, 0.25) is 0 Å². The van der Waals surface area contributed by atoms with Gasteiger partial charge in [-0.05, 0) is 38.0 Å². The van der Waals surface area contributed by atoms with E-state index in [4.69, 9.17) is 4.42 Å². The summed E-state index contributed by atoms with van der Waals surface area (Å²) in [6.07, 6.45) is 2.58. The molecule has 1 aromatic heterocycles.